The number of hydrogen-bond donors (Lipinski definition) is 7. The molecular formula is C43H68O14. The number of aliphatic carboxylic acids is 1. The van der Waals surface area contributed by atoms with Gasteiger partial charge in [0.15, 0.2) is 18.7 Å². The van der Waals surface area contributed by atoms with Crippen LogP contribution in [0, 0.1) is 56.7 Å². The fourth-order valence-corrected chi connectivity index (χ4v) is 14.0. The van der Waals surface area contributed by atoms with Crippen molar-refractivity contribution in [3.05, 3.63) is 11.6 Å². The summed E-state index contributed by atoms with van der Waals surface area (Å²) in [6.45, 7) is 15.6. The average molecular weight is 809 g/mol. The van der Waals surface area contributed by atoms with Crippen LogP contribution in [0.15, 0.2) is 11.6 Å². The van der Waals surface area contributed by atoms with Crippen molar-refractivity contribution in [2.45, 2.75) is 174 Å². The minimum atomic E-state index is -1.81. The van der Waals surface area contributed by atoms with E-state index in [0.717, 1.165) is 52.1 Å². The summed E-state index contributed by atoms with van der Waals surface area (Å²) in [5, 5.41) is 74.5. The van der Waals surface area contributed by atoms with E-state index in [9.17, 15) is 45.3 Å². The van der Waals surface area contributed by atoms with E-state index in [1.807, 2.05) is 0 Å². The summed E-state index contributed by atoms with van der Waals surface area (Å²) in [6, 6.07) is 0. The van der Waals surface area contributed by atoms with Crippen LogP contribution in [0.2, 0.25) is 0 Å². The number of carbonyl (C=O) groups is 2. The summed E-state index contributed by atoms with van der Waals surface area (Å²) in [5.74, 6) is -0.271. The van der Waals surface area contributed by atoms with Gasteiger partial charge in [0.25, 0.3) is 0 Å². The number of esters is 1. The second-order valence-corrected chi connectivity index (χ2v) is 20.3. The van der Waals surface area contributed by atoms with Crippen molar-refractivity contribution in [3.8, 4) is 0 Å². The van der Waals surface area contributed by atoms with Gasteiger partial charge in [-0.3, -0.25) is 4.79 Å². The van der Waals surface area contributed by atoms with Gasteiger partial charge in [-0.15, -0.1) is 0 Å². The normalized spacial score (nSPS) is 53.3. The Hall–Kier alpha value is -1.72. The molecule has 2 aliphatic heterocycles. The zero-order chi connectivity index (χ0) is 41.8. The van der Waals surface area contributed by atoms with Crippen LogP contribution in [0.5, 0.6) is 0 Å². The molecule has 57 heavy (non-hydrogen) atoms. The summed E-state index contributed by atoms with van der Waals surface area (Å²) in [6.07, 6.45) is -6.93. The molecule has 0 spiro atoms. The van der Waals surface area contributed by atoms with Gasteiger partial charge in [-0.1, -0.05) is 60.1 Å². The second kappa shape index (κ2) is 15.0. The molecule has 7 N–H and O–H groups in total. The number of rotatable bonds is 7. The summed E-state index contributed by atoms with van der Waals surface area (Å²) < 4.78 is 29.3. The van der Waals surface area contributed by atoms with Crippen molar-refractivity contribution in [1.82, 2.24) is 0 Å². The van der Waals surface area contributed by atoms with Crippen LogP contribution in [-0.4, -0.2) is 129 Å². The maximum Gasteiger partial charge on any atom is 0.337 e. The first-order chi connectivity index (χ1) is 26.6. The number of fused-ring (bicyclic) bond motifs is 7. The zero-order valence-electron chi connectivity index (χ0n) is 34.9. The van der Waals surface area contributed by atoms with E-state index in [-0.39, 0.29) is 34.0 Å². The number of aliphatic hydroxyl groups is 6. The van der Waals surface area contributed by atoms with Crippen LogP contribution < -0.4 is 0 Å². The van der Waals surface area contributed by atoms with E-state index in [2.05, 4.69) is 54.5 Å². The number of aliphatic hydroxyl groups excluding tert-OH is 6. The Labute approximate surface area is 336 Å². The number of carboxylic acid groups (broad SMARTS) is 1. The molecule has 0 bridgehead atoms. The van der Waals surface area contributed by atoms with E-state index >= 15 is 0 Å². The molecule has 0 aromatic rings. The number of allylic oxidation sites excluding steroid dienone is 2. The lowest BCUT2D eigenvalue weighted by molar-refractivity contribution is -0.374. The SMILES string of the molecule is COC(=O)[C@H]1O[C@@H](O[C@H]2CC[C@]3(C)[C@H]4CC=C5[C@@H]6[C@@H](C)[C@H](C)CC[C@]6(C(=O)O)CC[C@@]5(C)[C@]4(C)CC[C@H]3C2(C)C)[C@H](O[C@@H]2O[C@H](CO)[C@H](O)[C@H](O)[C@H]2O)[C@@H](O)[C@@H]1O. The highest BCUT2D eigenvalue weighted by Gasteiger charge is 2.70. The van der Waals surface area contributed by atoms with Crippen molar-refractivity contribution >= 4 is 11.9 Å². The Kier molecular flexibility index (Phi) is 11.4. The Balaban J connectivity index is 1.17. The molecule has 0 aromatic heterocycles. The van der Waals surface area contributed by atoms with Crippen LogP contribution in [0.1, 0.15) is 106 Å². The van der Waals surface area contributed by atoms with E-state index in [4.69, 9.17) is 23.7 Å². The summed E-state index contributed by atoms with van der Waals surface area (Å²) in [4.78, 5) is 25.9. The highest BCUT2D eigenvalue weighted by Crippen LogP contribution is 2.76. The quantitative estimate of drug-likeness (QED) is 0.112. The fraction of sp³-hybridized carbons (Fsp3) is 0.907. The van der Waals surface area contributed by atoms with E-state index in [1.165, 1.54) is 5.57 Å². The first kappa shape index (κ1) is 43.4. The van der Waals surface area contributed by atoms with Gasteiger partial charge < -0.3 is 59.4 Å². The van der Waals surface area contributed by atoms with Gasteiger partial charge in [0.1, 0.15) is 42.7 Å². The van der Waals surface area contributed by atoms with E-state index in [1.54, 1.807) is 0 Å². The monoisotopic (exact) mass is 808 g/mol. The highest BCUT2D eigenvalue weighted by molar-refractivity contribution is 5.77. The standard InChI is InChI=1S/C43H68O14/c1-20-11-16-43(38(51)52)18-17-41(6)22(27(43)21(20)2)9-10-25-40(5)14-13-26(39(3,4)24(40)12-15-42(25,41)7)55-37-34(31(48)30(47)33(56-37)35(50)53-8)57-36-32(49)29(46)28(45)23(19-44)54-36/h9,20-21,23-34,36-37,44-49H,10-19H2,1-8H3,(H,51,52)/t20-,21+,23-,24+,25-,26+,27+,28+,29+,30+,31+,32-,33+,34-,36+,37-,40+,41-,42-,43+/m1/s1. The predicted octanol–water partition coefficient (Wildman–Crippen LogP) is 2.92. The van der Waals surface area contributed by atoms with Crippen LogP contribution in [0.25, 0.3) is 0 Å². The number of ether oxygens (including phenoxy) is 5. The van der Waals surface area contributed by atoms with Gasteiger partial charge >= 0.3 is 11.9 Å². The van der Waals surface area contributed by atoms with Crippen LogP contribution in [-0.2, 0) is 33.3 Å². The minimum absolute atomic E-state index is 0.0257. The third kappa shape index (κ3) is 6.31. The molecule has 2 saturated heterocycles. The molecule has 0 unspecified atom stereocenters. The smallest absolute Gasteiger partial charge is 0.337 e. The molecule has 0 radical (unpaired) electrons. The molecule has 324 valence electrons. The molecular weight excluding hydrogens is 740 g/mol. The number of methoxy groups -OCH3 is 1. The molecule has 14 nitrogen and oxygen atoms in total. The zero-order valence-corrected chi connectivity index (χ0v) is 34.9. The van der Waals surface area contributed by atoms with Gasteiger partial charge in [0.05, 0.1) is 25.2 Å². The number of hydrogen-bond acceptors (Lipinski definition) is 13. The molecule has 7 rings (SSSR count). The lowest BCUT2D eigenvalue weighted by Crippen LogP contribution is -2.67. The minimum Gasteiger partial charge on any atom is -0.481 e. The molecule has 5 aliphatic carbocycles. The van der Waals surface area contributed by atoms with Crippen LogP contribution in [0.3, 0.4) is 0 Å². The largest absolute Gasteiger partial charge is 0.481 e. The Morgan fingerprint density at radius 2 is 1.49 bits per heavy atom. The molecule has 2 heterocycles. The molecule has 6 fully saturated rings. The van der Waals surface area contributed by atoms with Gasteiger partial charge in [-0.05, 0) is 109 Å². The van der Waals surface area contributed by atoms with Crippen molar-refractivity contribution in [1.29, 1.82) is 0 Å². The van der Waals surface area contributed by atoms with Crippen molar-refractivity contribution < 1.29 is 69.0 Å². The molecule has 0 aromatic carbocycles. The van der Waals surface area contributed by atoms with Gasteiger partial charge in [-0.25, -0.2) is 4.79 Å². The molecule has 20 atom stereocenters. The molecule has 14 heteroatoms. The average Bonchev–Trinajstić information content (AvgIpc) is 3.16. The van der Waals surface area contributed by atoms with E-state index in [0.29, 0.717) is 24.7 Å². The van der Waals surface area contributed by atoms with Gasteiger partial charge in [-0.2, -0.15) is 0 Å². The number of carboxylic acids is 1. The maximum absolute atomic E-state index is 13.1. The summed E-state index contributed by atoms with van der Waals surface area (Å²) >= 11 is 0. The first-order valence-electron chi connectivity index (χ1n) is 21.3. The topological polar surface area (TPSA) is 222 Å². The fourth-order valence-electron chi connectivity index (χ4n) is 14.0. The Morgan fingerprint density at radius 1 is 0.789 bits per heavy atom. The highest BCUT2D eigenvalue weighted by atomic mass is 16.8. The first-order valence-corrected chi connectivity index (χ1v) is 21.3. The maximum atomic E-state index is 13.1. The van der Waals surface area contributed by atoms with Crippen LogP contribution >= 0.6 is 0 Å². The summed E-state index contributed by atoms with van der Waals surface area (Å²) in [7, 11) is 1.13. The molecule has 4 saturated carbocycles. The second-order valence-electron chi connectivity index (χ2n) is 20.3. The third-order valence-corrected chi connectivity index (χ3v) is 17.8. The third-order valence-electron chi connectivity index (χ3n) is 17.8. The molecule has 7 aliphatic rings. The Bertz CT molecular complexity index is 1570. The van der Waals surface area contributed by atoms with Crippen LogP contribution in [0.4, 0.5) is 0 Å². The number of carbonyl (C=O) groups excluding carboxylic acids is 1. The van der Waals surface area contributed by atoms with Gasteiger partial charge in [0, 0.05) is 0 Å². The lowest BCUT2D eigenvalue weighted by Gasteiger charge is -2.71. The predicted molar refractivity (Wildman–Crippen MR) is 203 cm³/mol. The molecule has 0 amide bonds. The lowest BCUT2D eigenvalue weighted by atomic mass is 9.33. The van der Waals surface area contributed by atoms with Crippen molar-refractivity contribution in [3.63, 3.8) is 0 Å². The summed E-state index contributed by atoms with van der Waals surface area (Å²) in [5.41, 5.74) is -0.0772. The Morgan fingerprint density at radius 3 is 2.14 bits per heavy atom. The van der Waals surface area contributed by atoms with E-state index < -0.39 is 96.9 Å². The van der Waals surface area contributed by atoms with Gasteiger partial charge in [0.2, 0.25) is 0 Å². The van der Waals surface area contributed by atoms with Crippen molar-refractivity contribution in [2.24, 2.45) is 56.7 Å². The van der Waals surface area contributed by atoms with Crippen molar-refractivity contribution in [2.75, 3.05) is 13.7 Å².